The molecule has 37 heavy (non-hydrogen) atoms. The third-order valence-electron chi connectivity index (χ3n) is 5.24. The third-order valence-corrected chi connectivity index (χ3v) is 6.17. The van der Waals surface area contributed by atoms with E-state index in [2.05, 4.69) is 22.5 Å². The van der Waals surface area contributed by atoms with E-state index < -0.39 is 0 Å². The maximum Gasteiger partial charge on any atom is 0.257 e. The number of hydrogen-bond donors (Lipinski definition) is 3. The first-order valence-corrected chi connectivity index (χ1v) is 13.6. The fourth-order valence-corrected chi connectivity index (χ4v) is 4.23. The van der Waals surface area contributed by atoms with Crippen LogP contribution in [0.15, 0.2) is 18.2 Å². The first kappa shape index (κ1) is 31.1. The van der Waals surface area contributed by atoms with Gasteiger partial charge in [0.05, 0.1) is 71.8 Å². The second kappa shape index (κ2) is 19.0. The molecule has 0 atom stereocenters. The number of aryl methyl sites for hydroxylation is 3. The van der Waals surface area contributed by atoms with E-state index in [4.69, 9.17) is 29.4 Å². The minimum Gasteiger partial charge on any atom is -0.383 e. The zero-order valence-electron chi connectivity index (χ0n) is 22.3. The van der Waals surface area contributed by atoms with Crippen LogP contribution in [0.4, 0.5) is 10.8 Å². The largest absolute Gasteiger partial charge is 0.383 e. The summed E-state index contributed by atoms with van der Waals surface area (Å²) in [6.45, 7) is 12.5. The van der Waals surface area contributed by atoms with E-state index in [1.807, 2.05) is 32.0 Å². The average molecular weight is 539 g/mol. The Labute approximate surface area is 224 Å². The van der Waals surface area contributed by atoms with Gasteiger partial charge in [0, 0.05) is 29.2 Å². The highest BCUT2D eigenvalue weighted by atomic mass is 32.1. The van der Waals surface area contributed by atoms with Gasteiger partial charge in [-0.25, -0.2) is 4.98 Å². The van der Waals surface area contributed by atoms with Crippen molar-refractivity contribution < 1.29 is 28.5 Å². The number of nitrogens with one attached hydrogen (secondary N) is 2. The monoisotopic (exact) mass is 538 g/mol. The van der Waals surface area contributed by atoms with Crippen molar-refractivity contribution in [2.75, 3.05) is 89.8 Å². The second-order valence-corrected chi connectivity index (χ2v) is 9.34. The molecule has 2 aromatic rings. The van der Waals surface area contributed by atoms with Gasteiger partial charge in [-0.1, -0.05) is 6.92 Å². The van der Waals surface area contributed by atoms with Crippen LogP contribution in [0.25, 0.3) is 0 Å². The molecule has 1 heterocycles. The maximum absolute atomic E-state index is 12.7. The Morgan fingerprint density at radius 3 is 1.97 bits per heavy atom. The standard InChI is InChI=1S/C26H42N4O6S/c1-4-24-21(3)37-26(29-24)30-25(31)23-6-5-22(19-20(23)2)28-8-10-33-12-14-35-16-18-36-17-15-34-13-11-32-9-7-27/h5-6,19,28H,4,7-18,27H2,1-3H3,(H,29,30,31). The second-order valence-electron chi connectivity index (χ2n) is 8.14. The van der Waals surface area contributed by atoms with Gasteiger partial charge in [-0.05, 0) is 44.0 Å². The van der Waals surface area contributed by atoms with Crippen molar-refractivity contribution in [1.29, 1.82) is 0 Å². The van der Waals surface area contributed by atoms with Crippen molar-refractivity contribution >= 4 is 28.1 Å². The molecule has 1 aromatic heterocycles. The van der Waals surface area contributed by atoms with Crippen LogP contribution in [0, 0.1) is 13.8 Å². The number of hydrogen-bond acceptors (Lipinski definition) is 10. The molecule has 2 rings (SSSR count). The van der Waals surface area contributed by atoms with Gasteiger partial charge in [0.15, 0.2) is 5.13 Å². The lowest BCUT2D eigenvalue weighted by atomic mass is 10.1. The van der Waals surface area contributed by atoms with Gasteiger partial charge >= 0.3 is 0 Å². The molecule has 0 bridgehead atoms. The fraction of sp³-hybridized carbons (Fsp3) is 0.615. The van der Waals surface area contributed by atoms with E-state index in [0.717, 1.165) is 28.2 Å². The predicted octanol–water partition coefficient (Wildman–Crippen LogP) is 3.03. The summed E-state index contributed by atoms with van der Waals surface area (Å²) in [4.78, 5) is 18.3. The molecule has 0 unspecified atom stereocenters. The van der Waals surface area contributed by atoms with Crippen LogP contribution >= 0.6 is 11.3 Å². The van der Waals surface area contributed by atoms with E-state index in [-0.39, 0.29) is 5.91 Å². The highest BCUT2D eigenvalue weighted by molar-refractivity contribution is 7.15. The van der Waals surface area contributed by atoms with Gasteiger partial charge in [-0.3, -0.25) is 10.1 Å². The van der Waals surface area contributed by atoms with Gasteiger partial charge in [-0.15, -0.1) is 11.3 Å². The molecular formula is C26H42N4O6S. The van der Waals surface area contributed by atoms with Crippen LogP contribution in [-0.4, -0.2) is 90.0 Å². The van der Waals surface area contributed by atoms with Crippen molar-refractivity contribution in [1.82, 2.24) is 4.98 Å². The summed E-state index contributed by atoms with van der Waals surface area (Å²) in [5.74, 6) is -0.147. The number of ether oxygens (including phenoxy) is 5. The Balaban J connectivity index is 1.48. The summed E-state index contributed by atoms with van der Waals surface area (Å²) in [7, 11) is 0. The highest BCUT2D eigenvalue weighted by Crippen LogP contribution is 2.24. The molecule has 1 amide bonds. The molecule has 4 N–H and O–H groups in total. The third kappa shape index (κ3) is 12.8. The molecular weight excluding hydrogens is 496 g/mol. The smallest absolute Gasteiger partial charge is 0.257 e. The lowest BCUT2D eigenvalue weighted by molar-refractivity contribution is -0.00985. The minimum atomic E-state index is -0.147. The molecule has 0 aliphatic carbocycles. The predicted molar refractivity (Wildman–Crippen MR) is 147 cm³/mol. The van der Waals surface area contributed by atoms with Gasteiger partial charge in [0.1, 0.15) is 0 Å². The van der Waals surface area contributed by atoms with Crippen molar-refractivity contribution in [2.45, 2.75) is 27.2 Å². The molecule has 0 aliphatic heterocycles. The number of carbonyl (C=O) groups is 1. The van der Waals surface area contributed by atoms with Gasteiger partial charge < -0.3 is 34.7 Å². The summed E-state index contributed by atoms with van der Waals surface area (Å²) in [5, 5.41) is 6.87. The number of thiazole rings is 1. The first-order valence-electron chi connectivity index (χ1n) is 12.8. The SMILES string of the molecule is CCc1nc(NC(=O)c2ccc(NCCOCCOCCOCCOCCOCCN)cc2C)sc1C. The van der Waals surface area contributed by atoms with Crippen molar-refractivity contribution in [2.24, 2.45) is 5.73 Å². The summed E-state index contributed by atoms with van der Waals surface area (Å²) in [6, 6.07) is 5.69. The number of amides is 1. The lowest BCUT2D eigenvalue weighted by Crippen LogP contribution is -2.16. The normalized spacial score (nSPS) is 11.1. The van der Waals surface area contributed by atoms with E-state index >= 15 is 0 Å². The van der Waals surface area contributed by atoms with Crippen LogP contribution in [0.3, 0.4) is 0 Å². The number of benzene rings is 1. The van der Waals surface area contributed by atoms with Gasteiger partial charge in [0.2, 0.25) is 0 Å². The van der Waals surface area contributed by atoms with E-state index in [9.17, 15) is 4.79 Å². The molecule has 0 fully saturated rings. The molecule has 0 radical (unpaired) electrons. The Kier molecular flexibility index (Phi) is 16.0. The highest BCUT2D eigenvalue weighted by Gasteiger charge is 2.13. The number of anilines is 2. The van der Waals surface area contributed by atoms with Crippen molar-refractivity contribution in [3.63, 3.8) is 0 Å². The van der Waals surface area contributed by atoms with Crippen LogP contribution in [-0.2, 0) is 30.1 Å². The molecule has 1 aromatic carbocycles. The Morgan fingerprint density at radius 1 is 0.892 bits per heavy atom. The number of aromatic nitrogens is 1. The Bertz CT molecular complexity index is 911. The van der Waals surface area contributed by atoms with Crippen LogP contribution < -0.4 is 16.4 Å². The lowest BCUT2D eigenvalue weighted by Gasteiger charge is -2.11. The van der Waals surface area contributed by atoms with Crippen LogP contribution in [0.1, 0.15) is 33.4 Å². The minimum absolute atomic E-state index is 0.147. The van der Waals surface area contributed by atoms with Gasteiger partial charge in [0.25, 0.3) is 5.91 Å². The average Bonchev–Trinajstić information content (AvgIpc) is 3.24. The first-order chi connectivity index (χ1) is 18.0. The fourth-order valence-electron chi connectivity index (χ4n) is 3.33. The van der Waals surface area contributed by atoms with Crippen LogP contribution in [0.5, 0.6) is 0 Å². The Hall–Kier alpha value is -2.12. The molecule has 11 heteroatoms. The summed E-state index contributed by atoms with van der Waals surface area (Å²) >= 11 is 1.50. The topological polar surface area (TPSA) is 126 Å². The number of rotatable bonds is 21. The molecule has 0 saturated carbocycles. The zero-order valence-corrected chi connectivity index (χ0v) is 23.1. The number of nitrogens with zero attached hydrogens (tertiary/aromatic N) is 1. The number of nitrogens with two attached hydrogens (primary N) is 1. The number of carbonyl (C=O) groups excluding carboxylic acids is 1. The molecule has 10 nitrogen and oxygen atoms in total. The van der Waals surface area contributed by atoms with E-state index in [0.29, 0.717) is 89.9 Å². The molecule has 0 spiro atoms. The van der Waals surface area contributed by atoms with Crippen molar-refractivity contribution in [3.8, 4) is 0 Å². The van der Waals surface area contributed by atoms with Gasteiger partial charge in [-0.2, -0.15) is 0 Å². The summed E-state index contributed by atoms with van der Waals surface area (Å²) in [5.41, 5.74) is 8.83. The zero-order chi connectivity index (χ0) is 26.7. The summed E-state index contributed by atoms with van der Waals surface area (Å²) in [6.07, 6.45) is 0.855. The maximum atomic E-state index is 12.7. The molecule has 0 aliphatic rings. The van der Waals surface area contributed by atoms with Crippen LogP contribution in [0.2, 0.25) is 0 Å². The quantitative estimate of drug-likeness (QED) is 0.206. The van der Waals surface area contributed by atoms with Crippen molar-refractivity contribution in [3.05, 3.63) is 39.9 Å². The Morgan fingerprint density at radius 2 is 1.46 bits per heavy atom. The molecule has 208 valence electrons. The summed E-state index contributed by atoms with van der Waals surface area (Å²) < 4.78 is 27.1. The van der Waals surface area contributed by atoms with E-state index in [1.54, 1.807) is 0 Å². The molecule has 0 saturated heterocycles. The van der Waals surface area contributed by atoms with E-state index in [1.165, 1.54) is 11.3 Å².